The van der Waals surface area contributed by atoms with Crippen molar-refractivity contribution in [1.29, 1.82) is 0 Å². The molecule has 0 aliphatic carbocycles. The normalized spacial score (nSPS) is 10.1. The van der Waals surface area contributed by atoms with E-state index < -0.39 is 0 Å². The van der Waals surface area contributed by atoms with Gasteiger partial charge in [-0.3, -0.25) is 4.79 Å². The van der Waals surface area contributed by atoms with Crippen LogP contribution in [-0.2, 0) is 11.3 Å². The van der Waals surface area contributed by atoms with Gasteiger partial charge in [0.05, 0.1) is 6.20 Å². The zero-order valence-electron chi connectivity index (χ0n) is 8.05. The minimum atomic E-state index is -0.199. The highest BCUT2D eigenvalue weighted by molar-refractivity contribution is 5.86. The van der Waals surface area contributed by atoms with Gasteiger partial charge in [-0.2, -0.15) is 5.10 Å². The Morgan fingerprint density at radius 1 is 1.67 bits per heavy atom. The van der Waals surface area contributed by atoms with Gasteiger partial charge in [-0.25, -0.2) is 9.50 Å². The fourth-order valence-corrected chi connectivity index (χ4v) is 1.20. The summed E-state index contributed by atoms with van der Waals surface area (Å²) in [5.74, 6) is -0.199. The summed E-state index contributed by atoms with van der Waals surface area (Å²) in [7, 11) is 0. The van der Waals surface area contributed by atoms with Crippen molar-refractivity contribution in [3.8, 4) is 0 Å². The smallest absolute Gasteiger partial charge is 0.243 e. The third-order valence-corrected chi connectivity index (χ3v) is 1.95. The first-order valence-corrected chi connectivity index (χ1v) is 4.48. The third kappa shape index (κ3) is 2.01. The molecule has 2 rings (SSSR count). The molecule has 15 heavy (non-hydrogen) atoms. The number of amides is 1. The van der Waals surface area contributed by atoms with Crippen molar-refractivity contribution in [3.05, 3.63) is 42.9 Å². The first-order valence-electron chi connectivity index (χ1n) is 4.48. The number of nitrogens with zero attached hydrogens (tertiary/aromatic N) is 3. The lowest BCUT2D eigenvalue weighted by Gasteiger charge is -2.02. The van der Waals surface area contributed by atoms with Crippen molar-refractivity contribution in [2.45, 2.75) is 6.54 Å². The highest BCUT2D eigenvalue weighted by atomic mass is 16.1. The molecule has 0 aliphatic heterocycles. The van der Waals surface area contributed by atoms with Crippen LogP contribution in [0.1, 0.15) is 5.56 Å². The lowest BCUT2D eigenvalue weighted by Crippen LogP contribution is -2.20. The molecule has 76 valence electrons. The number of fused-ring (bicyclic) bond motifs is 1. The second kappa shape index (κ2) is 3.91. The maximum absolute atomic E-state index is 10.9. The minimum absolute atomic E-state index is 0.199. The standard InChI is InChI=1S/C10H10N4O/c1-2-10(15)12-6-8-5-11-9-3-4-13-14(9)7-8/h2-5,7H,1,6H2,(H,12,15). The van der Waals surface area contributed by atoms with E-state index in [-0.39, 0.29) is 5.91 Å². The highest BCUT2D eigenvalue weighted by Crippen LogP contribution is 2.00. The summed E-state index contributed by atoms with van der Waals surface area (Å²) in [6, 6.07) is 1.81. The number of nitrogens with one attached hydrogen (secondary N) is 1. The summed E-state index contributed by atoms with van der Waals surface area (Å²) in [4.78, 5) is 15.1. The molecule has 0 unspecified atom stereocenters. The largest absolute Gasteiger partial charge is 0.348 e. The number of carbonyl (C=O) groups excluding carboxylic acids is 1. The number of aromatic nitrogens is 3. The maximum Gasteiger partial charge on any atom is 0.243 e. The number of carbonyl (C=O) groups is 1. The van der Waals surface area contributed by atoms with Crippen molar-refractivity contribution >= 4 is 11.6 Å². The summed E-state index contributed by atoms with van der Waals surface area (Å²) in [6.45, 7) is 3.79. The fourth-order valence-electron chi connectivity index (χ4n) is 1.20. The molecule has 0 atom stereocenters. The first kappa shape index (κ1) is 9.39. The predicted octanol–water partition coefficient (Wildman–Crippen LogP) is 0.532. The minimum Gasteiger partial charge on any atom is -0.348 e. The molecule has 5 nitrogen and oxygen atoms in total. The van der Waals surface area contributed by atoms with E-state index in [0.717, 1.165) is 11.2 Å². The van der Waals surface area contributed by atoms with Gasteiger partial charge in [0.25, 0.3) is 0 Å². The number of rotatable bonds is 3. The Balaban J connectivity index is 2.14. The maximum atomic E-state index is 10.9. The fraction of sp³-hybridized carbons (Fsp3) is 0.100. The molecule has 1 amide bonds. The van der Waals surface area contributed by atoms with Gasteiger partial charge in [0.15, 0.2) is 5.65 Å². The van der Waals surface area contributed by atoms with E-state index in [1.54, 1.807) is 16.9 Å². The molecular weight excluding hydrogens is 192 g/mol. The van der Waals surface area contributed by atoms with Crippen LogP contribution in [0.4, 0.5) is 0 Å². The van der Waals surface area contributed by atoms with Crippen LogP contribution in [-0.4, -0.2) is 20.5 Å². The molecule has 0 spiro atoms. The molecule has 0 saturated heterocycles. The molecular formula is C10H10N4O. The van der Waals surface area contributed by atoms with E-state index in [2.05, 4.69) is 22.0 Å². The van der Waals surface area contributed by atoms with Crippen molar-refractivity contribution in [3.63, 3.8) is 0 Å². The number of hydrogen-bond acceptors (Lipinski definition) is 3. The Hall–Kier alpha value is -2.17. The molecule has 1 N–H and O–H groups in total. The molecule has 0 fully saturated rings. The van der Waals surface area contributed by atoms with Gasteiger partial charge in [-0.15, -0.1) is 0 Å². The Kier molecular flexibility index (Phi) is 2.45. The van der Waals surface area contributed by atoms with Gasteiger partial charge in [0.1, 0.15) is 0 Å². The van der Waals surface area contributed by atoms with E-state index in [1.165, 1.54) is 6.08 Å². The lowest BCUT2D eigenvalue weighted by molar-refractivity contribution is -0.116. The molecule has 0 saturated carbocycles. The quantitative estimate of drug-likeness (QED) is 0.738. The Morgan fingerprint density at radius 2 is 2.53 bits per heavy atom. The first-order chi connectivity index (χ1) is 7.29. The third-order valence-electron chi connectivity index (χ3n) is 1.95. The summed E-state index contributed by atoms with van der Waals surface area (Å²) in [5, 5.41) is 6.72. The van der Waals surface area contributed by atoms with Crippen LogP contribution in [0.3, 0.4) is 0 Å². The predicted molar refractivity (Wildman–Crippen MR) is 55.0 cm³/mol. The zero-order chi connectivity index (χ0) is 10.7. The van der Waals surface area contributed by atoms with E-state index >= 15 is 0 Å². The Morgan fingerprint density at radius 3 is 3.33 bits per heavy atom. The molecule has 2 heterocycles. The molecule has 2 aromatic heterocycles. The van der Waals surface area contributed by atoms with Crippen molar-refractivity contribution in [1.82, 2.24) is 19.9 Å². The van der Waals surface area contributed by atoms with Crippen LogP contribution in [0.5, 0.6) is 0 Å². The van der Waals surface area contributed by atoms with Gasteiger partial charge >= 0.3 is 0 Å². The highest BCUT2D eigenvalue weighted by Gasteiger charge is 1.99. The van der Waals surface area contributed by atoms with E-state index in [0.29, 0.717) is 6.54 Å². The molecule has 0 aliphatic rings. The van der Waals surface area contributed by atoms with Crippen LogP contribution in [0, 0.1) is 0 Å². The zero-order valence-corrected chi connectivity index (χ0v) is 8.05. The Bertz CT molecular complexity index is 503. The molecule has 0 radical (unpaired) electrons. The van der Waals surface area contributed by atoms with Crippen molar-refractivity contribution < 1.29 is 4.79 Å². The lowest BCUT2D eigenvalue weighted by atomic mass is 10.3. The average molecular weight is 202 g/mol. The second-order valence-corrected chi connectivity index (χ2v) is 3.02. The molecule has 2 aromatic rings. The van der Waals surface area contributed by atoms with Crippen molar-refractivity contribution in [2.75, 3.05) is 0 Å². The summed E-state index contributed by atoms with van der Waals surface area (Å²) >= 11 is 0. The van der Waals surface area contributed by atoms with Crippen LogP contribution >= 0.6 is 0 Å². The summed E-state index contributed by atoms with van der Waals surface area (Å²) in [5.41, 5.74) is 1.68. The van der Waals surface area contributed by atoms with Crippen LogP contribution in [0.15, 0.2) is 37.3 Å². The van der Waals surface area contributed by atoms with Gasteiger partial charge in [0.2, 0.25) is 5.91 Å². The number of hydrogen-bond donors (Lipinski definition) is 1. The summed E-state index contributed by atoms with van der Waals surface area (Å²) in [6.07, 6.45) is 6.44. The average Bonchev–Trinajstić information content (AvgIpc) is 2.72. The molecule has 0 aromatic carbocycles. The van der Waals surface area contributed by atoms with Gasteiger partial charge < -0.3 is 5.32 Å². The topological polar surface area (TPSA) is 59.3 Å². The van der Waals surface area contributed by atoms with Crippen LogP contribution in [0.2, 0.25) is 0 Å². The molecule has 0 bridgehead atoms. The van der Waals surface area contributed by atoms with Gasteiger partial charge in [-0.1, -0.05) is 6.58 Å². The van der Waals surface area contributed by atoms with Gasteiger partial charge in [-0.05, 0) is 6.08 Å². The van der Waals surface area contributed by atoms with Crippen molar-refractivity contribution in [2.24, 2.45) is 0 Å². The van der Waals surface area contributed by atoms with Crippen LogP contribution in [0.25, 0.3) is 5.65 Å². The molecule has 5 heteroatoms. The Labute approximate surface area is 86.4 Å². The SMILES string of the molecule is C=CC(=O)NCc1cnc2ccnn2c1. The second-order valence-electron chi connectivity index (χ2n) is 3.02. The van der Waals surface area contributed by atoms with E-state index in [9.17, 15) is 4.79 Å². The van der Waals surface area contributed by atoms with E-state index in [1.807, 2.05) is 12.3 Å². The van der Waals surface area contributed by atoms with Crippen LogP contribution < -0.4 is 5.32 Å². The summed E-state index contributed by atoms with van der Waals surface area (Å²) < 4.78 is 1.66. The van der Waals surface area contributed by atoms with Gasteiger partial charge in [0, 0.05) is 30.6 Å². The monoisotopic (exact) mass is 202 g/mol. The van der Waals surface area contributed by atoms with E-state index in [4.69, 9.17) is 0 Å².